The molecule has 0 saturated carbocycles. The molecule has 0 spiro atoms. The lowest BCUT2D eigenvalue weighted by Crippen LogP contribution is -1.96. The summed E-state index contributed by atoms with van der Waals surface area (Å²) in [5, 5.41) is 7.59. The van der Waals surface area contributed by atoms with Gasteiger partial charge in [-0.05, 0) is 93.7 Å². The van der Waals surface area contributed by atoms with Gasteiger partial charge in [0.25, 0.3) is 0 Å². The molecule has 2 heterocycles. The number of hydrogen-bond acceptors (Lipinski definition) is 0. The third-order valence-electron chi connectivity index (χ3n) is 9.85. The SMILES string of the molecule is c1ccc(-c2cc(-c3ccccc3)cc(-n3c4ccccc4c4c5cc6c7ccccc7n(-c7ccccc7)c6cc5ccc43)c2)cc1. The summed E-state index contributed by atoms with van der Waals surface area (Å²) in [5.74, 6) is 0. The monoisotopic (exact) mass is 610 g/mol. The molecule has 0 fully saturated rings. The molecule has 0 atom stereocenters. The summed E-state index contributed by atoms with van der Waals surface area (Å²) in [6.45, 7) is 0. The summed E-state index contributed by atoms with van der Waals surface area (Å²) >= 11 is 0. The molecule has 0 aliphatic rings. The maximum Gasteiger partial charge on any atom is 0.0547 e. The van der Waals surface area contributed by atoms with E-state index in [1.165, 1.54) is 82.3 Å². The Bertz CT molecular complexity index is 2750. The van der Waals surface area contributed by atoms with Crippen molar-refractivity contribution in [3.05, 3.63) is 182 Å². The molecule has 10 aromatic rings. The smallest absolute Gasteiger partial charge is 0.0547 e. The highest BCUT2D eigenvalue weighted by Gasteiger charge is 2.19. The van der Waals surface area contributed by atoms with Gasteiger partial charge in [0.15, 0.2) is 0 Å². The molecule has 2 heteroatoms. The van der Waals surface area contributed by atoms with Crippen LogP contribution in [0.4, 0.5) is 0 Å². The Labute approximate surface area is 278 Å². The van der Waals surface area contributed by atoms with Crippen LogP contribution in [0.2, 0.25) is 0 Å². The van der Waals surface area contributed by atoms with Gasteiger partial charge < -0.3 is 9.13 Å². The van der Waals surface area contributed by atoms with Crippen molar-refractivity contribution in [3.63, 3.8) is 0 Å². The summed E-state index contributed by atoms with van der Waals surface area (Å²) in [7, 11) is 0. The predicted octanol–water partition coefficient (Wildman–Crippen LogP) is 12.4. The van der Waals surface area contributed by atoms with E-state index >= 15 is 0 Å². The number of nitrogens with zero attached hydrogens (tertiary/aromatic N) is 2. The topological polar surface area (TPSA) is 9.86 Å². The first kappa shape index (κ1) is 26.8. The maximum absolute atomic E-state index is 2.46. The van der Waals surface area contributed by atoms with Crippen molar-refractivity contribution >= 4 is 54.4 Å². The Morgan fingerprint density at radius 3 is 1.48 bits per heavy atom. The average molecular weight is 611 g/mol. The molecule has 48 heavy (non-hydrogen) atoms. The first-order valence-electron chi connectivity index (χ1n) is 16.5. The number of hydrogen-bond donors (Lipinski definition) is 0. The van der Waals surface area contributed by atoms with Crippen LogP contribution < -0.4 is 0 Å². The average Bonchev–Trinajstić information content (AvgIpc) is 3.67. The van der Waals surface area contributed by atoms with Crippen molar-refractivity contribution in [2.45, 2.75) is 0 Å². The van der Waals surface area contributed by atoms with Gasteiger partial charge in [0, 0.05) is 32.9 Å². The Balaban J connectivity index is 1.30. The van der Waals surface area contributed by atoms with Crippen molar-refractivity contribution in [3.8, 4) is 33.6 Å². The van der Waals surface area contributed by atoms with Gasteiger partial charge in [0.05, 0.1) is 22.1 Å². The lowest BCUT2D eigenvalue weighted by Gasteiger charge is -2.14. The van der Waals surface area contributed by atoms with Crippen LogP contribution in [0.5, 0.6) is 0 Å². The molecule has 10 rings (SSSR count). The minimum atomic E-state index is 1.16. The fraction of sp³-hybridized carbons (Fsp3) is 0. The number of para-hydroxylation sites is 3. The molecule has 224 valence electrons. The molecule has 0 aliphatic carbocycles. The molecule has 2 nitrogen and oxygen atoms in total. The molecule has 2 aromatic heterocycles. The second-order valence-electron chi connectivity index (χ2n) is 12.6. The van der Waals surface area contributed by atoms with Crippen molar-refractivity contribution in [2.24, 2.45) is 0 Å². The molecule has 0 N–H and O–H groups in total. The molecule has 0 bridgehead atoms. The third-order valence-corrected chi connectivity index (χ3v) is 9.85. The van der Waals surface area contributed by atoms with Gasteiger partial charge in [-0.3, -0.25) is 0 Å². The summed E-state index contributed by atoms with van der Waals surface area (Å²) < 4.78 is 4.86. The number of benzene rings is 8. The molecule has 0 amide bonds. The molecule has 0 radical (unpaired) electrons. The zero-order valence-electron chi connectivity index (χ0n) is 26.2. The van der Waals surface area contributed by atoms with Gasteiger partial charge in [-0.1, -0.05) is 121 Å². The van der Waals surface area contributed by atoms with E-state index in [9.17, 15) is 0 Å². The highest BCUT2D eigenvalue weighted by atomic mass is 15.0. The minimum Gasteiger partial charge on any atom is -0.309 e. The summed E-state index contributed by atoms with van der Waals surface area (Å²) in [6.07, 6.45) is 0. The Hall–Kier alpha value is -6.38. The van der Waals surface area contributed by atoms with E-state index in [-0.39, 0.29) is 0 Å². The first-order valence-corrected chi connectivity index (χ1v) is 16.5. The number of fused-ring (bicyclic) bond motifs is 8. The quantitative estimate of drug-likeness (QED) is 0.188. The van der Waals surface area contributed by atoms with Crippen molar-refractivity contribution in [1.82, 2.24) is 9.13 Å². The van der Waals surface area contributed by atoms with Crippen LogP contribution in [0, 0.1) is 0 Å². The van der Waals surface area contributed by atoms with Crippen molar-refractivity contribution in [2.75, 3.05) is 0 Å². The number of rotatable bonds is 4. The third kappa shape index (κ3) is 4.06. The fourth-order valence-electron chi connectivity index (χ4n) is 7.72. The van der Waals surface area contributed by atoms with Crippen molar-refractivity contribution < 1.29 is 0 Å². The molecular weight excluding hydrogens is 581 g/mol. The summed E-state index contributed by atoms with van der Waals surface area (Å²) in [4.78, 5) is 0. The normalized spacial score (nSPS) is 11.8. The fourth-order valence-corrected chi connectivity index (χ4v) is 7.72. The van der Waals surface area contributed by atoms with Gasteiger partial charge in [-0.25, -0.2) is 0 Å². The molecule has 0 aliphatic heterocycles. The second kappa shape index (κ2) is 10.6. The van der Waals surface area contributed by atoms with Crippen LogP contribution in [0.3, 0.4) is 0 Å². The van der Waals surface area contributed by atoms with E-state index in [0.29, 0.717) is 0 Å². The van der Waals surface area contributed by atoms with Crippen LogP contribution in [0.25, 0.3) is 88.0 Å². The van der Waals surface area contributed by atoms with Gasteiger partial charge in [0.2, 0.25) is 0 Å². The van der Waals surface area contributed by atoms with E-state index in [2.05, 4.69) is 191 Å². The Morgan fingerprint density at radius 2 is 0.812 bits per heavy atom. The van der Waals surface area contributed by atoms with E-state index < -0.39 is 0 Å². The van der Waals surface area contributed by atoms with E-state index in [0.717, 1.165) is 5.69 Å². The Kier molecular flexibility index (Phi) is 5.91. The minimum absolute atomic E-state index is 1.16. The molecular formula is C46H30N2. The highest BCUT2D eigenvalue weighted by Crippen LogP contribution is 2.42. The first-order chi connectivity index (χ1) is 23.8. The van der Waals surface area contributed by atoms with Gasteiger partial charge in [0.1, 0.15) is 0 Å². The van der Waals surface area contributed by atoms with Crippen molar-refractivity contribution in [1.29, 1.82) is 0 Å². The lowest BCUT2D eigenvalue weighted by atomic mass is 9.98. The standard InChI is InChI=1S/C46H30N2/c1-4-14-31(15-5-1)34-26-35(32-16-6-2-7-17-32)28-37(27-34)48-43-23-13-11-21-39(43)46-40-30-41-38-20-10-12-22-42(38)47(36-18-8-3-9-19-36)45(41)29-33(40)24-25-44(46)48/h1-30H. The molecule has 0 saturated heterocycles. The lowest BCUT2D eigenvalue weighted by molar-refractivity contribution is 1.18. The maximum atomic E-state index is 2.46. The predicted molar refractivity (Wildman–Crippen MR) is 203 cm³/mol. The van der Waals surface area contributed by atoms with E-state index in [4.69, 9.17) is 0 Å². The van der Waals surface area contributed by atoms with Crippen LogP contribution in [0.1, 0.15) is 0 Å². The van der Waals surface area contributed by atoms with E-state index in [1.54, 1.807) is 0 Å². The van der Waals surface area contributed by atoms with Crippen LogP contribution in [-0.2, 0) is 0 Å². The molecule has 0 unspecified atom stereocenters. The largest absolute Gasteiger partial charge is 0.309 e. The van der Waals surface area contributed by atoms with Gasteiger partial charge in [-0.15, -0.1) is 0 Å². The van der Waals surface area contributed by atoms with Crippen LogP contribution >= 0.6 is 0 Å². The number of aromatic nitrogens is 2. The van der Waals surface area contributed by atoms with Gasteiger partial charge in [-0.2, -0.15) is 0 Å². The van der Waals surface area contributed by atoms with Crippen LogP contribution in [0.15, 0.2) is 182 Å². The zero-order chi connectivity index (χ0) is 31.6. The highest BCUT2D eigenvalue weighted by molar-refractivity contribution is 6.25. The van der Waals surface area contributed by atoms with E-state index in [1.807, 2.05) is 0 Å². The second-order valence-corrected chi connectivity index (χ2v) is 12.6. The van der Waals surface area contributed by atoms with Gasteiger partial charge >= 0.3 is 0 Å². The van der Waals surface area contributed by atoms with Crippen LogP contribution in [-0.4, -0.2) is 9.13 Å². The molecule has 8 aromatic carbocycles. The summed E-state index contributed by atoms with van der Waals surface area (Å²) in [5.41, 5.74) is 12.0. The zero-order valence-corrected chi connectivity index (χ0v) is 26.2. The summed E-state index contributed by atoms with van der Waals surface area (Å²) in [6, 6.07) is 66.2. The Morgan fingerprint density at radius 1 is 0.271 bits per heavy atom.